The number of nitrogens with zero attached hydrogens (tertiary/aromatic N) is 2. The smallest absolute Gasteiger partial charge is 0.277 e. The molecule has 1 unspecified atom stereocenters. The van der Waals surface area contributed by atoms with E-state index in [0.29, 0.717) is 44.3 Å². The van der Waals surface area contributed by atoms with E-state index in [1.54, 1.807) is 13.2 Å². The molecule has 2 aromatic rings. The van der Waals surface area contributed by atoms with Crippen LogP contribution >= 0.6 is 22.9 Å². The van der Waals surface area contributed by atoms with Crippen LogP contribution in [0.5, 0.6) is 5.75 Å². The van der Waals surface area contributed by atoms with Gasteiger partial charge in [0, 0.05) is 36.8 Å². The molecule has 3 rings (SSSR count). The predicted octanol–water partition coefficient (Wildman–Crippen LogP) is 1.41. The highest BCUT2D eigenvalue weighted by atomic mass is 35.5. The summed E-state index contributed by atoms with van der Waals surface area (Å²) in [5.41, 5.74) is 0.978. The lowest BCUT2D eigenvalue weighted by molar-refractivity contribution is -0.885. The average molecular weight is 423 g/mol. The van der Waals surface area contributed by atoms with Crippen LogP contribution in [0.3, 0.4) is 0 Å². The lowest BCUT2D eigenvalue weighted by atomic mass is 10.2. The van der Waals surface area contributed by atoms with E-state index >= 15 is 0 Å². The maximum Gasteiger partial charge on any atom is 0.277 e. The number of piperazine rings is 1. The second-order valence-electron chi connectivity index (χ2n) is 6.92. The maximum absolute atomic E-state index is 12.7. The minimum atomic E-state index is 0.0536. The first-order valence-corrected chi connectivity index (χ1v) is 10.5. The highest BCUT2D eigenvalue weighted by Crippen LogP contribution is 2.21. The van der Waals surface area contributed by atoms with E-state index in [9.17, 15) is 9.59 Å². The van der Waals surface area contributed by atoms with Crippen molar-refractivity contribution in [2.75, 3.05) is 46.9 Å². The van der Waals surface area contributed by atoms with Crippen LogP contribution in [0.15, 0.2) is 35.7 Å². The van der Waals surface area contributed by atoms with E-state index in [1.165, 1.54) is 11.3 Å². The van der Waals surface area contributed by atoms with E-state index in [0.717, 1.165) is 21.1 Å². The van der Waals surface area contributed by atoms with Gasteiger partial charge >= 0.3 is 0 Å². The fraction of sp³-hybridized carbons (Fsp3) is 0.400. The number of hydrogen-bond acceptors (Lipinski definition) is 4. The Morgan fingerprint density at radius 3 is 2.54 bits per heavy atom. The number of thiophene rings is 1. The normalized spacial score (nSPS) is 15.4. The zero-order valence-electron chi connectivity index (χ0n) is 16.1. The molecule has 1 fully saturated rings. The highest BCUT2D eigenvalue weighted by Gasteiger charge is 2.26. The Balaban J connectivity index is 1.50. The molecule has 2 heterocycles. The van der Waals surface area contributed by atoms with Gasteiger partial charge in [0.1, 0.15) is 12.3 Å². The molecular weight excluding hydrogens is 398 g/mol. The summed E-state index contributed by atoms with van der Waals surface area (Å²) in [6, 6.07) is 9.24. The molecule has 0 aliphatic carbocycles. The molecule has 2 amide bonds. The van der Waals surface area contributed by atoms with Gasteiger partial charge in [-0.1, -0.05) is 17.7 Å². The van der Waals surface area contributed by atoms with Gasteiger partial charge in [-0.15, -0.1) is 11.3 Å². The molecular formula is C20H25ClN3O3S+. The molecule has 0 spiro atoms. The average Bonchev–Trinajstić information content (AvgIpc) is 3.22. The Kier molecular flexibility index (Phi) is 6.93. The van der Waals surface area contributed by atoms with E-state index in [4.69, 9.17) is 16.3 Å². The van der Waals surface area contributed by atoms with Crippen LogP contribution in [-0.2, 0) is 11.3 Å². The molecule has 1 aliphatic rings. The number of amides is 2. The number of nitrogens with one attached hydrogen (secondary N) is 1. The molecule has 1 atom stereocenters. The first kappa shape index (κ1) is 20.6. The maximum atomic E-state index is 12.7. The molecule has 0 radical (unpaired) electrons. The van der Waals surface area contributed by atoms with Gasteiger partial charge in [0.15, 0.2) is 6.54 Å². The lowest BCUT2D eigenvalue weighted by Crippen LogP contribution is -3.09. The number of hydrogen-bond donors (Lipinski definition) is 1. The van der Waals surface area contributed by atoms with E-state index in [1.807, 2.05) is 46.5 Å². The van der Waals surface area contributed by atoms with Gasteiger partial charge in [-0.25, -0.2) is 0 Å². The summed E-state index contributed by atoms with van der Waals surface area (Å²) in [5.74, 6) is 0.927. The molecule has 28 heavy (non-hydrogen) atoms. The highest BCUT2D eigenvalue weighted by molar-refractivity contribution is 7.12. The van der Waals surface area contributed by atoms with Gasteiger partial charge < -0.3 is 19.4 Å². The molecule has 8 heteroatoms. The lowest BCUT2D eigenvalue weighted by Gasteiger charge is -2.34. The third-order valence-corrected chi connectivity index (χ3v) is 5.93. The zero-order valence-corrected chi connectivity index (χ0v) is 17.7. The minimum absolute atomic E-state index is 0.0536. The quantitative estimate of drug-likeness (QED) is 0.765. The van der Waals surface area contributed by atoms with E-state index < -0.39 is 0 Å². The molecule has 150 valence electrons. The standard InChI is InChI=1S/C20H24ClN3O3S/c1-22(13-15-12-16(21)5-6-17(15)27-2)14-19(25)23-7-9-24(10-8-23)20(26)18-4-3-11-28-18/h3-6,11-12H,7-10,13-14H2,1-2H3/p+1. The number of carbonyl (C=O) groups is 2. The van der Waals surface area contributed by atoms with E-state index in [-0.39, 0.29) is 11.8 Å². The summed E-state index contributed by atoms with van der Waals surface area (Å²) >= 11 is 7.54. The zero-order chi connectivity index (χ0) is 20.1. The van der Waals surface area contributed by atoms with Crippen LogP contribution in [0.2, 0.25) is 5.02 Å². The Labute approximate surface area is 174 Å². The summed E-state index contributed by atoms with van der Waals surface area (Å²) in [6.07, 6.45) is 0. The predicted molar refractivity (Wildman–Crippen MR) is 110 cm³/mol. The number of benzene rings is 1. The van der Waals surface area contributed by atoms with Gasteiger partial charge in [-0.2, -0.15) is 0 Å². The topological polar surface area (TPSA) is 54.3 Å². The second-order valence-corrected chi connectivity index (χ2v) is 8.30. The van der Waals surface area contributed by atoms with Gasteiger partial charge in [0.2, 0.25) is 0 Å². The number of quaternary nitrogens is 1. The summed E-state index contributed by atoms with van der Waals surface area (Å²) < 4.78 is 5.38. The van der Waals surface area contributed by atoms with Gasteiger partial charge in [-0.3, -0.25) is 9.59 Å². The Morgan fingerprint density at radius 1 is 1.18 bits per heavy atom. The summed E-state index contributed by atoms with van der Waals surface area (Å²) in [7, 11) is 3.61. The van der Waals surface area contributed by atoms with Crippen molar-refractivity contribution in [1.82, 2.24) is 9.80 Å². The molecule has 1 aliphatic heterocycles. The molecule has 1 aromatic heterocycles. The van der Waals surface area contributed by atoms with Gasteiger partial charge in [0.05, 0.1) is 19.0 Å². The van der Waals surface area contributed by atoms with Crippen LogP contribution in [0.4, 0.5) is 0 Å². The SMILES string of the molecule is COc1ccc(Cl)cc1C[NH+](C)CC(=O)N1CCN(C(=O)c2cccs2)CC1. The number of halogens is 1. The van der Waals surface area contributed by atoms with E-state index in [2.05, 4.69) is 0 Å². The van der Waals surface area contributed by atoms with Crippen molar-refractivity contribution in [3.8, 4) is 5.75 Å². The Morgan fingerprint density at radius 2 is 1.89 bits per heavy atom. The molecule has 1 N–H and O–H groups in total. The van der Waals surface area contributed by atoms with Crippen LogP contribution in [0, 0.1) is 0 Å². The molecule has 0 saturated carbocycles. The Hall–Kier alpha value is -2.09. The molecule has 0 bridgehead atoms. The van der Waals surface area contributed by atoms with Crippen LogP contribution in [-0.4, -0.2) is 68.5 Å². The Bertz CT molecular complexity index is 820. The summed E-state index contributed by atoms with van der Waals surface area (Å²) in [6.45, 7) is 3.32. The van der Waals surface area contributed by atoms with Crippen molar-refractivity contribution >= 4 is 34.8 Å². The first-order valence-electron chi connectivity index (χ1n) is 9.22. The molecule has 1 aromatic carbocycles. The molecule has 6 nitrogen and oxygen atoms in total. The second kappa shape index (κ2) is 9.41. The fourth-order valence-electron chi connectivity index (χ4n) is 3.36. The third kappa shape index (κ3) is 5.04. The van der Waals surface area contributed by atoms with Gasteiger partial charge in [0.25, 0.3) is 11.8 Å². The number of carbonyl (C=O) groups excluding carboxylic acids is 2. The van der Waals surface area contributed by atoms with Crippen molar-refractivity contribution in [3.05, 3.63) is 51.2 Å². The van der Waals surface area contributed by atoms with Crippen molar-refractivity contribution in [3.63, 3.8) is 0 Å². The van der Waals surface area contributed by atoms with Crippen molar-refractivity contribution in [2.45, 2.75) is 6.54 Å². The number of rotatable bonds is 6. The largest absolute Gasteiger partial charge is 0.496 e. The van der Waals surface area contributed by atoms with Crippen LogP contribution < -0.4 is 9.64 Å². The number of ether oxygens (including phenoxy) is 1. The number of likely N-dealkylation sites (N-methyl/N-ethyl adjacent to an activating group) is 1. The van der Waals surface area contributed by atoms with Gasteiger partial charge in [-0.05, 0) is 29.6 Å². The van der Waals surface area contributed by atoms with Crippen molar-refractivity contribution in [2.24, 2.45) is 0 Å². The fourth-order valence-corrected chi connectivity index (χ4v) is 4.24. The van der Waals surface area contributed by atoms with Crippen LogP contribution in [0.1, 0.15) is 15.2 Å². The third-order valence-electron chi connectivity index (χ3n) is 4.84. The summed E-state index contributed by atoms with van der Waals surface area (Å²) in [5, 5.41) is 2.56. The van der Waals surface area contributed by atoms with Crippen molar-refractivity contribution in [1.29, 1.82) is 0 Å². The van der Waals surface area contributed by atoms with Crippen LogP contribution in [0.25, 0.3) is 0 Å². The monoisotopic (exact) mass is 422 g/mol. The number of methoxy groups -OCH3 is 1. The summed E-state index contributed by atoms with van der Waals surface area (Å²) in [4.78, 5) is 30.6. The minimum Gasteiger partial charge on any atom is -0.496 e. The first-order chi connectivity index (χ1) is 13.5. The van der Waals surface area contributed by atoms with Crippen molar-refractivity contribution < 1.29 is 19.2 Å². The molecule has 1 saturated heterocycles.